The van der Waals surface area contributed by atoms with E-state index in [9.17, 15) is 0 Å². The topological polar surface area (TPSA) is 44.7 Å². The van der Waals surface area contributed by atoms with Crippen LogP contribution in [-0.2, 0) is 11.3 Å². The predicted molar refractivity (Wildman–Crippen MR) is 107 cm³/mol. The van der Waals surface area contributed by atoms with Gasteiger partial charge >= 0.3 is 0 Å². The van der Waals surface area contributed by atoms with Crippen LogP contribution in [0.25, 0.3) is 0 Å². The minimum absolute atomic E-state index is 0.0508. The molecule has 1 unspecified atom stereocenters. The molecule has 1 aliphatic heterocycles. The number of hydrogen-bond acceptors (Lipinski definition) is 4. The van der Waals surface area contributed by atoms with Crippen LogP contribution >= 0.6 is 23.2 Å². The molecule has 2 aromatic carbocycles. The van der Waals surface area contributed by atoms with E-state index in [0.29, 0.717) is 24.8 Å². The Labute approximate surface area is 164 Å². The van der Waals surface area contributed by atoms with Crippen LogP contribution in [0, 0.1) is 0 Å². The Balaban J connectivity index is 1.80. The van der Waals surface area contributed by atoms with Crippen molar-refractivity contribution in [3.63, 3.8) is 0 Å². The van der Waals surface area contributed by atoms with Gasteiger partial charge in [0.05, 0.1) is 19.8 Å². The van der Waals surface area contributed by atoms with Crippen LogP contribution in [0.3, 0.4) is 0 Å². The fraction of sp³-hybridized carbons (Fsp3) is 0.400. The van der Waals surface area contributed by atoms with E-state index in [1.807, 2.05) is 18.2 Å². The third-order valence-corrected chi connectivity index (χ3v) is 5.15. The molecule has 0 fully saturated rings. The lowest BCUT2D eigenvalue weighted by Crippen LogP contribution is -2.31. The molecule has 2 N–H and O–H groups in total. The highest BCUT2D eigenvalue weighted by molar-refractivity contribution is 6.35. The summed E-state index contributed by atoms with van der Waals surface area (Å²) in [6, 6.07) is 12.3. The van der Waals surface area contributed by atoms with Crippen molar-refractivity contribution in [2.75, 3.05) is 45.3 Å². The van der Waals surface area contributed by atoms with Crippen molar-refractivity contribution >= 4 is 28.9 Å². The molecule has 0 spiro atoms. The van der Waals surface area contributed by atoms with Gasteiger partial charge in [-0.05, 0) is 48.0 Å². The molecule has 0 aliphatic carbocycles. The molecule has 4 nitrogen and oxygen atoms in total. The highest BCUT2D eigenvalue weighted by atomic mass is 35.5. The zero-order chi connectivity index (χ0) is 18.5. The lowest BCUT2D eigenvalue weighted by molar-refractivity contribution is 0.0992. The standard InChI is InChI=1S/C20H24Cl2N2O2/c1-24-12-18(17-10-15(21)11-20(22)19(17)13-24)14-3-2-4-16(9-14)23-5-7-26-8-6-25/h2-4,9-11,18,23,25H,5-8,12-13H2,1H3. The number of aliphatic hydroxyl groups excluding tert-OH is 1. The van der Waals surface area contributed by atoms with Crippen molar-refractivity contribution in [1.29, 1.82) is 0 Å². The maximum atomic E-state index is 8.74. The summed E-state index contributed by atoms with van der Waals surface area (Å²) in [7, 11) is 2.11. The molecule has 0 saturated heterocycles. The maximum absolute atomic E-state index is 8.74. The molecule has 1 heterocycles. The number of fused-ring (bicyclic) bond motifs is 1. The summed E-state index contributed by atoms with van der Waals surface area (Å²) in [6.45, 7) is 3.44. The second-order valence-electron chi connectivity index (χ2n) is 6.59. The van der Waals surface area contributed by atoms with Gasteiger partial charge in [-0.1, -0.05) is 35.3 Å². The minimum Gasteiger partial charge on any atom is -0.394 e. The number of hydrogen-bond donors (Lipinski definition) is 2. The van der Waals surface area contributed by atoms with E-state index in [1.54, 1.807) is 0 Å². The van der Waals surface area contributed by atoms with E-state index in [2.05, 4.69) is 35.5 Å². The molecule has 0 aromatic heterocycles. The predicted octanol–water partition coefficient (Wildman–Crippen LogP) is 3.99. The average molecular weight is 395 g/mol. The number of nitrogens with one attached hydrogen (secondary N) is 1. The summed E-state index contributed by atoms with van der Waals surface area (Å²) in [5, 5.41) is 13.5. The molecule has 1 atom stereocenters. The van der Waals surface area contributed by atoms with Crippen LogP contribution in [-0.4, -0.2) is 50.0 Å². The minimum atomic E-state index is 0.0508. The first-order valence-corrected chi connectivity index (χ1v) is 9.53. The van der Waals surface area contributed by atoms with Gasteiger partial charge < -0.3 is 20.1 Å². The molecular formula is C20H24Cl2N2O2. The Morgan fingerprint density at radius 2 is 2.08 bits per heavy atom. The van der Waals surface area contributed by atoms with E-state index < -0.39 is 0 Å². The summed E-state index contributed by atoms with van der Waals surface area (Å²) in [5.74, 6) is 0.229. The average Bonchev–Trinajstić information content (AvgIpc) is 2.62. The van der Waals surface area contributed by atoms with Crippen molar-refractivity contribution in [2.45, 2.75) is 12.5 Å². The van der Waals surface area contributed by atoms with Crippen molar-refractivity contribution in [3.8, 4) is 0 Å². The number of rotatable bonds is 7. The van der Waals surface area contributed by atoms with Crippen LogP contribution in [0.2, 0.25) is 10.0 Å². The van der Waals surface area contributed by atoms with Gasteiger partial charge in [0, 0.05) is 41.3 Å². The first-order chi connectivity index (χ1) is 12.6. The van der Waals surface area contributed by atoms with Crippen LogP contribution in [0.4, 0.5) is 5.69 Å². The van der Waals surface area contributed by atoms with Gasteiger partial charge in [0.1, 0.15) is 0 Å². The molecule has 0 bridgehead atoms. The normalized spacial score (nSPS) is 17.2. The van der Waals surface area contributed by atoms with Gasteiger partial charge in [-0.15, -0.1) is 0 Å². The molecule has 6 heteroatoms. The van der Waals surface area contributed by atoms with E-state index in [-0.39, 0.29) is 12.5 Å². The van der Waals surface area contributed by atoms with Crippen LogP contribution in [0.15, 0.2) is 36.4 Å². The van der Waals surface area contributed by atoms with Crippen LogP contribution in [0.1, 0.15) is 22.6 Å². The third-order valence-electron chi connectivity index (χ3n) is 4.59. The van der Waals surface area contributed by atoms with Gasteiger partial charge in [0.15, 0.2) is 0 Å². The van der Waals surface area contributed by atoms with E-state index in [1.165, 1.54) is 11.1 Å². The fourth-order valence-electron chi connectivity index (χ4n) is 3.43. The summed E-state index contributed by atoms with van der Waals surface area (Å²) in [6.07, 6.45) is 0. The van der Waals surface area contributed by atoms with Crippen molar-refractivity contribution in [3.05, 3.63) is 63.1 Å². The molecular weight excluding hydrogens is 371 g/mol. The zero-order valence-corrected chi connectivity index (χ0v) is 16.4. The molecule has 0 radical (unpaired) electrons. The third kappa shape index (κ3) is 4.70. The van der Waals surface area contributed by atoms with E-state index in [0.717, 1.165) is 29.4 Å². The molecule has 26 heavy (non-hydrogen) atoms. The monoisotopic (exact) mass is 394 g/mol. The lowest BCUT2D eigenvalue weighted by Gasteiger charge is -2.33. The van der Waals surface area contributed by atoms with Gasteiger partial charge in [-0.3, -0.25) is 0 Å². The number of benzene rings is 2. The molecule has 140 valence electrons. The van der Waals surface area contributed by atoms with Gasteiger partial charge in [0.25, 0.3) is 0 Å². The van der Waals surface area contributed by atoms with E-state index >= 15 is 0 Å². The lowest BCUT2D eigenvalue weighted by atomic mass is 9.84. The molecule has 0 amide bonds. The largest absolute Gasteiger partial charge is 0.394 e. The first-order valence-electron chi connectivity index (χ1n) is 8.77. The SMILES string of the molecule is CN1Cc2c(Cl)cc(Cl)cc2C(c2cccc(NCCOCCO)c2)C1. The molecule has 3 rings (SSSR count). The van der Waals surface area contributed by atoms with Crippen LogP contribution in [0.5, 0.6) is 0 Å². The number of nitrogens with zero attached hydrogens (tertiary/aromatic N) is 1. The number of halogens is 2. The van der Waals surface area contributed by atoms with Gasteiger partial charge in [-0.25, -0.2) is 0 Å². The van der Waals surface area contributed by atoms with Crippen molar-refractivity contribution in [1.82, 2.24) is 4.90 Å². The molecule has 0 saturated carbocycles. The molecule has 2 aromatic rings. The number of likely N-dealkylation sites (N-methyl/N-ethyl adjacent to an activating group) is 1. The van der Waals surface area contributed by atoms with Crippen molar-refractivity contribution in [2.24, 2.45) is 0 Å². The second kappa shape index (κ2) is 9.07. The highest BCUT2D eigenvalue weighted by Gasteiger charge is 2.27. The highest BCUT2D eigenvalue weighted by Crippen LogP contribution is 2.38. The summed E-state index contributed by atoms with van der Waals surface area (Å²) < 4.78 is 5.29. The van der Waals surface area contributed by atoms with E-state index in [4.69, 9.17) is 33.0 Å². The number of anilines is 1. The Hall–Kier alpha value is -1.30. The van der Waals surface area contributed by atoms with Crippen LogP contribution < -0.4 is 5.32 Å². The van der Waals surface area contributed by atoms with Gasteiger partial charge in [-0.2, -0.15) is 0 Å². The summed E-state index contributed by atoms with van der Waals surface area (Å²) >= 11 is 12.7. The Morgan fingerprint density at radius 1 is 1.23 bits per heavy atom. The smallest absolute Gasteiger partial charge is 0.0698 e. The Morgan fingerprint density at radius 3 is 2.88 bits per heavy atom. The maximum Gasteiger partial charge on any atom is 0.0698 e. The Bertz CT molecular complexity index is 755. The number of ether oxygens (including phenoxy) is 1. The van der Waals surface area contributed by atoms with Crippen molar-refractivity contribution < 1.29 is 9.84 Å². The van der Waals surface area contributed by atoms with Gasteiger partial charge in [0.2, 0.25) is 0 Å². The zero-order valence-electron chi connectivity index (χ0n) is 14.8. The Kier molecular flexibility index (Phi) is 6.79. The number of aliphatic hydroxyl groups is 1. The second-order valence-corrected chi connectivity index (χ2v) is 7.44. The fourth-order valence-corrected chi connectivity index (χ4v) is 4.00. The summed E-state index contributed by atoms with van der Waals surface area (Å²) in [5.41, 5.74) is 4.66. The first kappa shape index (κ1) is 19.5. The quantitative estimate of drug-likeness (QED) is 0.696. The summed E-state index contributed by atoms with van der Waals surface area (Å²) in [4.78, 5) is 2.29. The molecule has 1 aliphatic rings.